The lowest BCUT2D eigenvalue weighted by molar-refractivity contribution is 0.610. The molecular formula is C13H12ClNO2S. The molecule has 0 aliphatic carbocycles. The molecule has 94 valence electrons. The third-order valence-electron chi connectivity index (χ3n) is 2.66. The van der Waals surface area contributed by atoms with Crippen molar-refractivity contribution in [3.8, 4) is 11.1 Å². The van der Waals surface area contributed by atoms with Crippen molar-refractivity contribution in [1.29, 1.82) is 0 Å². The quantitative estimate of drug-likeness (QED) is 0.679. The number of hydrogen-bond donors (Lipinski definition) is 1. The number of benzene rings is 2. The minimum atomic E-state index is -3.83. The Kier molecular flexibility index (Phi) is 3.32. The van der Waals surface area contributed by atoms with Crippen LogP contribution in [0.4, 0.5) is 5.69 Å². The van der Waals surface area contributed by atoms with Gasteiger partial charge in [-0.15, -0.1) is 0 Å². The van der Waals surface area contributed by atoms with E-state index in [1.165, 1.54) is 6.07 Å². The lowest BCUT2D eigenvalue weighted by Crippen LogP contribution is -2.00. The molecule has 0 bridgehead atoms. The van der Waals surface area contributed by atoms with Crippen LogP contribution in [0.5, 0.6) is 0 Å². The van der Waals surface area contributed by atoms with Crippen LogP contribution in [0.25, 0.3) is 11.1 Å². The minimum Gasteiger partial charge on any atom is -0.397 e. The second kappa shape index (κ2) is 4.63. The third-order valence-corrected chi connectivity index (χ3v) is 4.04. The van der Waals surface area contributed by atoms with Gasteiger partial charge in [-0.2, -0.15) is 0 Å². The van der Waals surface area contributed by atoms with Crippen LogP contribution in [0, 0.1) is 6.92 Å². The average Bonchev–Trinajstić information content (AvgIpc) is 2.27. The van der Waals surface area contributed by atoms with Crippen molar-refractivity contribution in [2.45, 2.75) is 11.8 Å². The van der Waals surface area contributed by atoms with E-state index >= 15 is 0 Å². The fourth-order valence-corrected chi connectivity index (χ4v) is 2.84. The molecular weight excluding hydrogens is 270 g/mol. The highest BCUT2D eigenvalue weighted by molar-refractivity contribution is 8.13. The summed E-state index contributed by atoms with van der Waals surface area (Å²) in [7, 11) is 1.52. The summed E-state index contributed by atoms with van der Waals surface area (Å²) in [5.74, 6) is 0. The lowest BCUT2D eigenvalue weighted by Gasteiger charge is -2.09. The Morgan fingerprint density at radius 1 is 1.11 bits per heavy atom. The highest BCUT2D eigenvalue weighted by Gasteiger charge is 2.16. The van der Waals surface area contributed by atoms with Crippen molar-refractivity contribution in [2.24, 2.45) is 0 Å². The van der Waals surface area contributed by atoms with Crippen LogP contribution in [0.3, 0.4) is 0 Å². The highest BCUT2D eigenvalue weighted by atomic mass is 35.7. The zero-order valence-electron chi connectivity index (χ0n) is 9.72. The molecule has 2 aromatic rings. The van der Waals surface area contributed by atoms with E-state index < -0.39 is 9.05 Å². The number of nitrogens with two attached hydrogens (primary N) is 1. The third kappa shape index (κ3) is 2.49. The van der Waals surface area contributed by atoms with Gasteiger partial charge in [-0.1, -0.05) is 42.0 Å². The normalized spacial score (nSPS) is 11.4. The number of anilines is 1. The number of aryl methyl sites for hydroxylation is 1. The molecule has 0 unspecified atom stereocenters. The van der Waals surface area contributed by atoms with E-state index in [1.807, 2.05) is 31.2 Å². The summed E-state index contributed by atoms with van der Waals surface area (Å²) < 4.78 is 22.8. The summed E-state index contributed by atoms with van der Waals surface area (Å²) in [6, 6.07) is 12.5. The van der Waals surface area contributed by atoms with Crippen LogP contribution in [-0.2, 0) is 9.05 Å². The summed E-state index contributed by atoms with van der Waals surface area (Å²) in [4.78, 5) is -0.0526. The zero-order chi connectivity index (χ0) is 13.3. The minimum absolute atomic E-state index is 0.0526. The zero-order valence-corrected chi connectivity index (χ0v) is 11.3. The number of rotatable bonds is 2. The van der Waals surface area contributed by atoms with Gasteiger partial charge in [-0.3, -0.25) is 0 Å². The van der Waals surface area contributed by atoms with Gasteiger partial charge in [0.05, 0.1) is 5.69 Å². The van der Waals surface area contributed by atoms with Gasteiger partial charge in [0.1, 0.15) is 4.90 Å². The van der Waals surface area contributed by atoms with Gasteiger partial charge < -0.3 is 5.73 Å². The Labute approximate surface area is 111 Å². The predicted octanol–water partition coefficient (Wildman–Crippen LogP) is 3.17. The van der Waals surface area contributed by atoms with E-state index in [2.05, 4.69) is 0 Å². The topological polar surface area (TPSA) is 60.2 Å². The first-order valence-corrected chi connectivity index (χ1v) is 7.61. The number of nitrogen functional groups attached to an aromatic ring is 1. The van der Waals surface area contributed by atoms with E-state index in [-0.39, 0.29) is 10.6 Å². The van der Waals surface area contributed by atoms with E-state index in [1.54, 1.807) is 12.1 Å². The van der Waals surface area contributed by atoms with Crippen molar-refractivity contribution in [3.05, 3.63) is 48.0 Å². The molecule has 0 spiro atoms. The fourth-order valence-electron chi connectivity index (χ4n) is 1.82. The van der Waals surface area contributed by atoms with Crippen molar-refractivity contribution >= 4 is 25.4 Å². The van der Waals surface area contributed by atoms with Gasteiger partial charge in [0.25, 0.3) is 9.05 Å². The molecule has 5 heteroatoms. The molecule has 2 N–H and O–H groups in total. The standard InChI is InChI=1S/C13H12ClNO2S/c1-9-4-2-5-10(8-9)11-6-3-7-12(13(11)15)18(14,16)17/h2-8H,15H2,1H3. The second-order valence-corrected chi connectivity index (χ2v) is 6.56. The van der Waals surface area contributed by atoms with Gasteiger partial charge in [-0.05, 0) is 18.6 Å². The molecule has 18 heavy (non-hydrogen) atoms. The molecule has 0 aliphatic rings. The number of halogens is 1. The monoisotopic (exact) mass is 281 g/mol. The highest BCUT2D eigenvalue weighted by Crippen LogP contribution is 2.32. The van der Waals surface area contributed by atoms with E-state index in [0.717, 1.165) is 11.1 Å². The van der Waals surface area contributed by atoms with Gasteiger partial charge in [0.15, 0.2) is 0 Å². The number of hydrogen-bond acceptors (Lipinski definition) is 3. The SMILES string of the molecule is Cc1cccc(-c2cccc(S(=O)(=O)Cl)c2N)c1. The Morgan fingerprint density at radius 2 is 1.78 bits per heavy atom. The van der Waals surface area contributed by atoms with Crippen molar-refractivity contribution in [3.63, 3.8) is 0 Å². The first-order valence-electron chi connectivity index (χ1n) is 5.30. The van der Waals surface area contributed by atoms with Crippen molar-refractivity contribution in [2.75, 3.05) is 5.73 Å². The molecule has 0 fully saturated rings. The summed E-state index contributed by atoms with van der Waals surface area (Å²) in [6.45, 7) is 1.96. The van der Waals surface area contributed by atoms with Crippen LogP contribution >= 0.6 is 10.7 Å². The van der Waals surface area contributed by atoms with Crippen LogP contribution in [0.15, 0.2) is 47.4 Å². The van der Waals surface area contributed by atoms with Crippen molar-refractivity contribution in [1.82, 2.24) is 0 Å². The average molecular weight is 282 g/mol. The Morgan fingerprint density at radius 3 is 2.39 bits per heavy atom. The molecule has 3 nitrogen and oxygen atoms in total. The molecule has 2 aromatic carbocycles. The van der Waals surface area contributed by atoms with Gasteiger partial charge in [-0.25, -0.2) is 8.42 Å². The fraction of sp³-hybridized carbons (Fsp3) is 0.0769. The largest absolute Gasteiger partial charge is 0.397 e. The van der Waals surface area contributed by atoms with E-state index in [0.29, 0.717) is 5.56 Å². The molecule has 0 radical (unpaired) electrons. The first kappa shape index (κ1) is 12.9. The molecule has 2 rings (SSSR count). The Hall–Kier alpha value is -1.52. The molecule has 0 atom stereocenters. The molecule has 0 saturated heterocycles. The summed E-state index contributed by atoms with van der Waals surface area (Å²) in [6.07, 6.45) is 0. The molecule has 0 heterocycles. The summed E-state index contributed by atoms with van der Waals surface area (Å²) >= 11 is 0. The smallest absolute Gasteiger partial charge is 0.263 e. The first-order chi connectivity index (χ1) is 8.39. The number of para-hydroxylation sites is 1. The van der Waals surface area contributed by atoms with E-state index in [9.17, 15) is 8.42 Å². The van der Waals surface area contributed by atoms with Crippen LogP contribution < -0.4 is 5.73 Å². The van der Waals surface area contributed by atoms with Crippen LogP contribution in [0.2, 0.25) is 0 Å². The molecule has 0 saturated carbocycles. The van der Waals surface area contributed by atoms with Crippen molar-refractivity contribution < 1.29 is 8.42 Å². The second-order valence-electron chi connectivity index (χ2n) is 4.02. The molecule has 0 amide bonds. The summed E-state index contributed by atoms with van der Waals surface area (Å²) in [5.41, 5.74) is 8.68. The van der Waals surface area contributed by atoms with Crippen LogP contribution in [-0.4, -0.2) is 8.42 Å². The molecule has 0 aliphatic heterocycles. The Bertz CT molecular complexity index is 696. The predicted molar refractivity (Wildman–Crippen MR) is 74.1 cm³/mol. The molecule has 0 aromatic heterocycles. The van der Waals surface area contributed by atoms with Gasteiger partial charge in [0, 0.05) is 16.2 Å². The lowest BCUT2D eigenvalue weighted by atomic mass is 10.0. The van der Waals surface area contributed by atoms with Gasteiger partial charge >= 0.3 is 0 Å². The maximum Gasteiger partial charge on any atom is 0.263 e. The Balaban J connectivity index is 2.67. The van der Waals surface area contributed by atoms with E-state index in [4.69, 9.17) is 16.4 Å². The summed E-state index contributed by atoms with van der Waals surface area (Å²) in [5, 5.41) is 0. The van der Waals surface area contributed by atoms with Gasteiger partial charge in [0.2, 0.25) is 0 Å². The van der Waals surface area contributed by atoms with Crippen LogP contribution in [0.1, 0.15) is 5.56 Å². The maximum absolute atomic E-state index is 11.4. The maximum atomic E-state index is 11.4.